The summed E-state index contributed by atoms with van der Waals surface area (Å²) in [6.45, 7) is 6.63. The summed E-state index contributed by atoms with van der Waals surface area (Å²) in [4.78, 5) is 2.43. The van der Waals surface area contributed by atoms with Gasteiger partial charge in [0.2, 0.25) is 0 Å². The Morgan fingerprint density at radius 1 is 1.42 bits per heavy atom. The number of nitrogens with two attached hydrogens (primary N) is 1. The lowest BCUT2D eigenvalue weighted by Gasteiger charge is -2.37. The van der Waals surface area contributed by atoms with E-state index in [1.165, 1.54) is 11.1 Å². The predicted octanol–water partition coefficient (Wildman–Crippen LogP) is 2.48. The van der Waals surface area contributed by atoms with Crippen molar-refractivity contribution in [2.45, 2.75) is 32.7 Å². The van der Waals surface area contributed by atoms with Gasteiger partial charge in [-0.1, -0.05) is 24.3 Å². The molecule has 0 aliphatic carbocycles. The molecule has 1 unspecified atom stereocenters. The maximum Gasteiger partial charge on any atom is 0.0684 e. The normalized spacial score (nSPS) is 19.8. The quantitative estimate of drug-likeness (QED) is 0.901. The summed E-state index contributed by atoms with van der Waals surface area (Å²) in [7, 11) is 0. The molecule has 1 aromatic carbocycles. The first-order valence-electron chi connectivity index (χ1n) is 7.00. The van der Waals surface area contributed by atoms with Gasteiger partial charge in [0, 0.05) is 25.7 Å². The SMILES string of the molecule is CC(C)(C#N)CCN1CCc2ccccc2C1CN. The molecule has 2 N–H and O–H groups in total. The lowest BCUT2D eigenvalue weighted by atomic mass is 9.88. The topological polar surface area (TPSA) is 53.0 Å². The second-order valence-corrected chi connectivity index (χ2v) is 5.98. The highest BCUT2D eigenvalue weighted by atomic mass is 15.2. The molecule has 0 radical (unpaired) electrons. The number of nitriles is 1. The summed E-state index contributed by atoms with van der Waals surface area (Å²) in [6, 6.07) is 11.3. The monoisotopic (exact) mass is 257 g/mol. The maximum absolute atomic E-state index is 9.11. The molecule has 1 aliphatic heterocycles. The Bertz CT molecular complexity index is 473. The molecule has 102 valence electrons. The van der Waals surface area contributed by atoms with Crippen LogP contribution in [0.15, 0.2) is 24.3 Å². The van der Waals surface area contributed by atoms with Crippen LogP contribution in [0.2, 0.25) is 0 Å². The lowest BCUT2D eigenvalue weighted by molar-refractivity contribution is 0.171. The van der Waals surface area contributed by atoms with E-state index in [2.05, 4.69) is 35.2 Å². The van der Waals surface area contributed by atoms with Crippen molar-refractivity contribution in [3.8, 4) is 6.07 Å². The average molecular weight is 257 g/mol. The summed E-state index contributed by atoms with van der Waals surface area (Å²) in [5.41, 5.74) is 8.51. The molecule has 0 fully saturated rings. The molecule has 1 heterocycles. The van der Waals surface area contributed by atoms with Crippen molar-refractivity contribution in [2.24, 2.45) is 11.1 Å². The van der Waals surface area contributed by atoms with Crippen LogP contribution < -0.4 is 5.73 Å². The molecule has 0 aromatic heterocycles. The number of fused-ring (bicyclic) bond motifs is 1. The molecule has 19 heavy (non-hydrogen) atoms. The third-order valence-corrected chi connectivity index (χ3v) is 4.07. The molecule has 3 heteroatoms. The Balaban J connectivity index is 2.10. The first-order chi connectivity index (χ1) is 9.07. The van der Waals surface area contributed by atoms with Gasteiger partial charge >= 0.3 is 0 Å². The molecule has 1 aliphatic rings. The average Bonchev–Trinajstić information content (AvgIpc) is 2.44. The van der Waals surface area contributed by atoms with Crippen molar-refractivity contribution in [3.63, 3.8) is 0 Å². The number of hydrogen-bond acceptors (Lipinski definition) is 3. The van der Waals surface area contributed by atoms with Crippen molar-refractivity contribution in [2.75, 3.05) is 19.6 Å². The van der Waals surface area contributed by atoms with Crippen LogP contribution in [0.25, 0.3) is 0 Å². The third kappa shape index (κ3) is 3.15. The van der Waals surface area contributed by atoms with E-state index >= 15 is 0 Å². The van der Waals surface area contributed by atoms with Gasteiger partial charge in [0.15, 0.2) is 0 Å². The van der Waals surface area contributed by atoms with Gasteiger partial charge in [-0.25, -0.2) is 0 Å². The minimum Gasteiger partial charge on any atom is -0.329 e. The van der Waals surface area contributed by atoms with Crippen LogP contribution >= 0.6 is 0 Å². The second kappa shape index (κ2) is 5.73. The van der Waals surface area contributed by atoms with Crippen LogP contribution in [0.4, 0.5) is 0 Å². The fourth-order valence-electron chi connectivity index (χ4n) is 2.73. The van der Waals surface area contributed by atoms with Crippen molar-refractivity contribution in [1.29, 1.82) is 5.26 Å². The van der Waals surface area contributed by atoms with E-state index in [1.54, 1.807) is 0 Å². The van der Waals surface area contributed by atoms with Crippen molar-refractivity contribution < 1.29 is 0 Å². The number of hydrogen-bond donors (Lipinski definition) is 1. The summed E-state index contributed by atoms with van der Waals surface area (Å²) < 4.78 is 0. The molecular weight excluding hydrogens is 234 g/mol. The molecule has 0 bridgehead atoms. The molecule has 1 aromatic rings. The minimum atomic E-state index is -0.254. The van der Waals surface area contributed by atoms with Gasteiger partial charge in [-0.15, -0.1) is 0 Å². The zero-order valence-electron chi connectivity index (χ0n) is 11.9. The summed E-state index contributed by atoms with van der Waals surface area (Å²) >= 11 is 0. The molecule has 2 rings (SSSR count). The molecule has 3 nitrogen and oxygen atoms in total. The van der Waals surface area contributed by atoms with E-state index in [0.717, 1.165) is 25.9 Å². The van der Waals surface area contributed by atoms with Crippen LogP contribution in [0.1, 0.15) is 37.4 Å². The number of benzene rings is 1. The molecule has 0 amide bonds. The highest BCUT2D eigenvalue weighted by Gasteiger charge is 2.27. The highest BCUT2D eigenvalue weighted by molar-refractivity contribution is 5.32. The Morgan fingerprint density at radius 3 is 2.84 bits per heavy atom. The van der Waals surface area contributed by atoms with Crippen LogP contribution in [-0.4, -0.2) is 24.5 Å². The van der Waals surface area contributed by atoms with E-state index in [1.807, 2.05) is 13.8 Å². The predicted molar refractivity (Wildman–Crippen MR) is 77.5 cm³/mol. The van der Waals surface area contributed by atoms with Gasteiger partial charge in [-0.3, -0.25) is 4.90 Å². The number of rotatable bonds is 4. The first kappa shape index (κ1) is 14.0. The van der Waals surface area contributed by atoms with Gasteiger partial charge in [-0.2, -0.15) is 5.26 Å². The van der Waals surface area contributed by atoms with Crippen LogP contribution in [0, 0.1) is 16.7 Å². The minimum absolute atomic E-state index is 0.254. The van der Waals surface area contributed by atoms with Crippen molar-refractivity contribution in [3.05, 3.63) is 35.4 Å². The van der Waals surface area contributed by atoms with Crippen molar-refractivity contribution >= 4 is 0 Å². The second-order valence-electron chi connectivity index (χ2n) is 5.98. The van der Waals surface area contributed by atoms with Gasteiger partial charge in [0.05, 0.1) is 11.5 Å². The van der Waals surface area contributed by atoms with Gasteiger partial charge in [0.1, 0.15) is 0 Å². The zero-order chi connectivity index (χ0) is 13.9. The Morgan fingerprint density at radius 2 is 2.16 bits per heavy atom. The van der Waals surface area contributed by atoms with Crippen molar-refractivity contribution in [1.82, 2.24) is 4.90 Å². The summed E-state index contributed by atoms with van der Waals surface area (Å²) in [6.07, 6.45) is 1.97. The molecule has 0 saturated heterocycles. The molecular formula is C16H23N3. The molecule has 0 saturated carbocycles. The first-order valence-corrected chi connectivity index (χ1v) is 7.00. The Labute approximate surface area is 116 Å². The molecule has 0 spiro atoms. The van der Waals surface area contributed by atoms with E-state index in [0.29, 0.717) is 12.6 Å². The highest BCUT2D eigenvalue weighted by Crippen LogP contribution is 2.30. The Kier molecular flexibility index (Phi) is 4.24. The van der Waals surface area contributed by atoms with Gasteiger partial charge in [0.25, 0.3) is 0 Å². The van der Waals surface area contributed by atoms with Crippen LogP contribution in [0.5, 0.6) is 0 Å². The lowest BCUT2D eigenvalue weighted by Crippen LogP contribution is -2.40. The van der Waals surface area contributed by atoms with E-state index in [9.17, 15) is 0 Å². The summed E-state index contributed by atoms with van der Waals surface area (Å²) in [5.74, 6) is 0. The van der Waals surface area contributed by atoms with Gasteiger partial charge < -0.3 is 5.73 Å². The Hall–Kier alpha value is -1.37. The van der Waals surface area contributed by atoms with Crippen LogP contribution in [-0.2, 0) is 6.42 Å². The fraction of sp³-hybridized carbons (Fsp3) is 0.562. The van der Waals surface area contributed by atoms with Crippen LogP contribution in [0.3, 0.4) is 0 Å². The number of nitrogens with zero attached hydrogens (tertiary/aromatic N) is 2. The van der Waals surface area contributed by atoms with E-state index < -0.39 is 0 Å². The summed E-state index contributed by atoms with van der Waals surface area (Å²) in [5, 5.41) is 9.11. The smallest absolute Gasteiger partial charge is 0.0684 e. The third-order valence-electron chi connectivity index (χ3n) is 4.07. The van der Waals surface area contributed by atoms with E-state index in [-0.39, 0.29) is 5.41 Å². The largest absolute Gasteiger partial charge is 0.329 e. The van der Waals surface area contributed by atoms with E-state index in [4.69, 9.17) is 11.0 Å². The molecule has 1 atom stereocenters. The standard InChI is InChI=1S/C16H23N3/c1-16(2,12-18)8-10-19-9-7-13-5-3-4-6-14(13)15(19)11-17/h3-6,15H,7-11,17H2,1-2H3. The van der Waals surface area contributed by atoms with Gasteiger partial charge in [-0.05, 0) is 37.8 Å². The maximum atomic E-state index is 9.11. The zero-order valence-corrected chi connectivity index (χ0v) is 11.9. The fourth-order valence-corrected chi connectivity index (χ4v) is 2.73.